The van der Waals surface area contributed by atoms with E-state index in [1.807, 2.05) is 23.1 Å². The van der Waals surface area contributed by atoms with E-state index >= 15 is 0 Å². The molecule has 2 heterocycles. The van der Waals surface area contributed by atoms with Crippen molar-refractivity contribution in [2.24, 2.45) is 0 Å². The lowest BCUT2D eigenvalue weighted by Crippen LogP contribution is -2.38. The molecule has 0 saturated heterocycles. The van der Waals surface area contributed by atoms with Crippen molar-refractivity contribution in [1.29, 1.82) is 0 Å². The lowest BCUT2D eigenvalue weighted by molar-refractivity contribution is -0.133. The molecule has 0 unspecified atom stereocenters. The minimum Gasteiger partial charge on any atom is -0.344 e. The Morgan fingerprint density at radius 1 is 1.16 bits per heavy atom. The van der Waals surface area contributed by atoms with E-state index in [2.05, 4.69) is 12.1 Å². The van der Waals surface area contributed by atoms with Gasteiger partial charge in [-0.15, -0.1) is 11.3 Å². The number of hydrogen-bond acceptors (Lipinski definition) is 3. The molecule has 2 aliphatic rings. The van der Waals surface area contributed by atoms with Gasteiger partial charge < -0.3 is 9.80 Å². The van der Waals surface area contributed by atoms with Crippen LogP contribution in [0.15, 0.2) is 30.3 Å². The molecule has 1 atom stereocenters. The minimum absolute atomic E-state index is 0.000682. The van der Waals surface area contributed by atoms with Gasteiger partial charge in [0.2, 0.25) is 5.91 Å². The molecule has 1 aliphatic heterocycles. The van der Waals surface area contributed by atoms with E-state index in [9.17, 15) is 9.59 Å². The molecule has 1 aliphatic carbocycles. The molecule has 5 heteroatoms. The third-order valence-corrected chi connectivity index (χ3v) is 6.45. The zero-order valence-corrected chi connectivity index (χ0v) is 15.4. The van der Waals surface area contributed by atoms with Crippen LogP contribution >= 0.6 is 11.3 Å². The number of hydrogen-bond donors (Lipinski definition) is 0. The summed E-state index contributed by atoms with van der Waals surface area (Å²) in [5.41, 5.74) is 3.65. The van der Waals surface area contributed by atoms with Gasteiger partial charge in [-0.2, -0.15) is 0 Å². The highest BCUT2D eigenvalue weighted by atomic mass is 32.1. The Bertz CT molecular complexity index is 840. The van der Waals surface area contributed by atoms with Crippen molar-refractivity contribution in [1.82, 2.24) is 9.80 Å². The van der Waals surface area contributed by atoms with Gasteiger partial charge in [-0.3, -0.25) is 9.59 Å². The molecule has 4 nitrogen and oxygen atoms in total. The molecule has 2 aromatic rings. The minimum atomic E-state index is -0.000682. The first-order chi connectivity index (χ1) is 12.0. The van der Waals surface area contributed by atoms with Crippen molar-refractivity contribution in [3.8, 4) is 0 Å². The fourth-order valence-corrected chi connectivity index (χ4v) is 5.07. The molecule has 1 aromatic carbocycles. The number of benzene rings is 1. The van der Waals surface area contributed by atoms with Crippen LogP contribution in [-0.4, -0.2) is 42.3 Å². The number of rotatable bonds is 2. The number of carbonyl (C=O) groups is 2. The van der Waals surface area contributed by atoms with Gasteiger partial charge in [-0.1, -0.05) is 24.3 Å². The molecule has 2 amide bonds. The summed E-state index contributed by atoms with van der Waals surface area (Å²) in [6.45, 7) is 1.38. The van der Waals surface area contributed by atoms with E-state index in [0.717, 1.165) is 36.2 Å². The number of amides is 2. The SMILES string of the molecule is CN(C)C(=O)c1cc2c(s1)CCN(C(=O)[C@H]1CCc3ccccc31)C2. The van der Waals surface area contributed by atoms with Gasteiger partial charge in [-0.25, -0.2) is 0 Å². The molecule has 0 N–H and O–H groups in total. The number of nitrogens with zero attached hydrogens (tertiary/aromatic N) is 2. The number of aryl methyl sites for hydroxylation is 1. The van der Waals surface area contributed by atoms with Crippen LogP contribution in [0.3, 0.4) is 0 Å². The standard InChI is InChI=1S/C20H22N2O2S/c1-21(2)20(24)18-11-14-12-22(10-9-17(14)25-18)19(23)16-8-7-13-5-3-4-6-15(13)16/h3-6,11,16H,7-10,12H2,1-2H3/t16-/m0/s1. The van der Waals surface area contributed by atoms with Crippen LogP contribution in [0.2, 0.25) is 0 Å². The zero-order valence-electron chi connectivity index (χ0n) is 14.6. The van der Waals surface area contributed by atoms with Gasteiger partial charge in [-0.05, 0) is 42.0 Å². The molecule has 0 bridgehead atoms. The third-order valence-electron chi connectivity index (χ3n) is 5.23. The smallest absolute Gasteiger partial charge is 0.263 e. The van der Waals surface area contributed by atoms with Crippen LogP contribution in [0.25, 0.3) is 0 Å². The molecular weight excluding hydrogens is 332 g/mol. The highest BCUT2D eigenvalue weighted by Gasteiger charge is 2.33. The third kappa shape index (κ3) is 2.86. The maximum atomic E-state index is 13.1. The van der Waals surface area contributed by atoms with E-state index in [0.29, 0.717) is 6.54 Å². The number of thiophene rings is 1. The first-order valence-corrected chi connectivity index (χ1v) is 9.56. The van der Waals surface area contributed by atoms with E-state index < -0.39 is 0 Å². The molecule has 4 rings (SSSR count). The summed E-state index contributed by atoms with van der Waals surface area (Å²) in [4.78, 5) is 30.9. The highest BCUT2D eigenvalue weighted by Crippen LogP contribution is 2.36. The van der Waals surface area contributed by atoms with Crippen LogP contribution in [0.1, 0.15) is 43.6 Å². The Labute approximate surface area is 152 Å². The molecule has 0 fully saturated rings. The maximum absolute atomic E-state index is 13.1. The summed E-state index contributed by atoms with van der Waals surface area (Å²) in [5, 5.41) is 0. The fraction of sp³-hybridized carbons (Fsp3) is 0.400. The van der Waals surface area contributed by atoms with Crippen molar-refractivity contribution in [3.05, 3.63) is 56.8 Å². The second-order valence-corrected chi connectivity index (χ2v) is 8.20. The molecule has 1 aromatic heterocycles. The van der Waals surface area contributed by atoms with Crippen molar-refractivity contribution < 1.29 is 9.59 Å². The first-order valence-electron chi connectivity index (χ1n) is 8.74. The van der Waals surface area contributed by atoms with Gasteiger partial charge in [0.1, 0.15) is 0 Å². The van der Waals surface area contributed by atoms with Crippen LogP contribution in [-0.2, 0) is 24.2 Å². The average Bonchev–Trinajstić information content (AvgIpc) is 3.23. The Morgan fingerprint density at radius 2 is 1.96 bits per heavy atom. The Balaban J connectivity index is 1.53. The Kier molecular flexibility index (Phi) is 4.12. The van der Waals surface area contributed by atoms with E-state index in [4.69, 9.17) is 0 Å². The quantitative estimate of drug-likeness (QED) is 0.832. The van der Waals surface area contributed by atoms with Gasteiger partial charge in [0.05, 0.1) is 10.8 Å². The summed E-state index contributed by atoms with van der Waals surface area (Å²) >= 11 is 1.58. The summed E-state index contributed by atoms with van der Waals surface area (Å²) in [6.07, 6.45) is 2.75. The number of fused-ring (bicyclic) bond motifs is 2. The van der Waals surface area contributed by atoms with E-state index in [1.54, 1.807) is 30.3 Å². The van der Waals surface area contributed by atoms with Crippen LogP contribution < -0.4 is 0 Å². The second-order valence-electron chi connectivity index (χ2n) is 7.06. The highest BCUT2D eigenvalue weighted by molar-refractivity contribution is 7.14. The van der Waals surface area contributed by atoms with Crippen molar-refractivity contribution in [3.63, 3.8) is 0 Å². The monoisotopic (exact) mass is 354 g/mol. The van der Waals surface area contributed by atoms with Gasteiger partial charge in [0.25, 0.3) is 5.91 Å². The fourth-order valence-electron chi connectivity index (χ4n) is 3.88. The van der Waals surface area contributed by atoms with Gasteiger partial charge in [0, 0.05) is 32.1 Å². The molecule has 0 radical (unpaired) electrons. The molecule has 0 spiro atoms. The predicted octanol–water partition coefficient (Wildman–Crippen LogP) is 3.06. The topological polar surface area (TPSA) is 40.6 Å². The first kappa shape index (κ1) is 16.3. The summed E-state index contributed by atoms with van der Waals surface area (Å²) in [6, 6.07) is 10.3. The summed E-state index contributed by atoms with van der Waals surface area (Å²) < 4.78 is 0. The lowest BCUT2D eigenvalue weighted by Gasteiger charge is -2.29. The molecule has 0 saturated carbocycles. The second kappa shape index (κ2) is 6.30. The molecular formula is C20H22N2O2S. The van der Waals surface area contributed by atoms with Crippen LogP contribution in [0.5, 0.6) is 0 Å². The predicted molar refractivity (Wildman–Crippen MR) is 99.0 cm³/mol. The van der Waals surface area contributed by atoms with Crippen molar-refractivity contribution in [2.45, 2.75) is 31.7 Å². The lowest BCUT2D eigenvalue weighted by atomic mass is 9.98. The maximum Gasteiger partial charge on any atom is 0.263 e. The summed E-state index contributed by atoms with van der Waals surface area (Å²) in [7, 11) is 3.54. The van der Waals surface area contributed by atoms with Gasteiger partial charge >= 0.3 is 0 Å². The van der Waals surface area contributed by atoms with Gasteiger partial charge in [0.15, 0.2) is 0 Å². The summed E-state index contributed by atoms with van der Waals surface area (Å²) in [5.74, 6) is 0.281. The van der Waals surface area contributed by atoms with Crippen LogP contribution in [0, 0.1) is 0 Å². The average molecular weight is 354 g/mol. The normalized spacial score (nSPS) is 18.6. The van der Waals surface area contributed by atoms with E-state index in [1.165, 1.54) is 16.0 Å². The number of carbonyl (C=O) groups excluding carboxylic acids is 2. The van der Waals surface area contributed by atoms with Crippen molar-refractivity contribution in [2.75, 3.05) is 20.6 Å². The molecule has 25 heavy (non-hydrogen) atoms. The Hall–Kier alpha value is -2.14. The Morgan fingerprint density at radius 3 is 2.76 bits per heavy atom. The van der Waals surface area contributed by atoms with E-state index in [-0.39, 0.29) is 17.7 Å². The zero-order chi connectivity index (χ0) is 17.6. The largest absolute Gasteiger partial charge is 0.344 e. The van der Waals surface area contributed by atoms with Crippen LogP contribution in [0.4, 0.5) is 0 Å². The molecule has 130 valence electrons. The van der Waals surface area contributed by atoms with Crippen molar-refractivity contribution >= 4 is 23.2 Å².